The summed E-state index contributed by atoms with van der Waals surface area (Å²) >= 11 is 0. The van der Waals surface area contributed by atoms with Crippen molar-refractivity contribution in [2.45, 2.75) is 38.7 Å². The van der Waals surface area contributed by atoms with E-state index in [1.165, 1.54) is 0 Å². The highest BCUT2D eigenvalue weighted by Crippen LogP contribution is 2.28. The minimum Gasteiger partial charge on any atom is -0.382 e. The number of aliphatic hydroxyl groups is 1. The van der Waals surface area contributed by atoms with Crippen LogP contribution in [-0.4, -0.2) is 16.5 Å². The van der Waals surface area contributed by atoms with Gasteiger partial charge in [0.1, 0.15) is 5.60 Å². The van der Waals surface area contributed by atoms with Gasteiger partial charge in [-0.15, -0.1) is 0 Å². The van der Waals surface area contributed by atoms with Crippen molar-refractivity contribution < 1.29 is 9.90 Å². The number of carbonyl (C=O) groups excluding carboxylic acids is 1. The van der Waals surface area contributed by atoms with E-state index in [2.05, 4.69) is 6.92 Å². The largest absolute Gasteiger partial charge is 0.382 e. The molecule has 0 aliphatic heterocycles. The molecule has 0 spiro atoms. The van der Waals surface area contributed by atoms with Crippen LogP contribution < -0.4 is 0 Å². The molecule has 1 rings (SSSR count). The maximum atomic E-state index is 11.0. The fourth-order valence-electron chi connectivity index (χ4n) is 1.54. The fourth-order valence-corrected chi connectivity index (χ4v) is 1.54. The third-order valence-corrected chi connectivity index (χ3v) is 2.21. The van der Waals surface area contributed by atoms with Gasteiger partial charge in [0.05, 0.1) is 0 Å². The Morgan fingerprint density at radius 3 is 2.70 bits per heavy atom. The number of carbonyl (C=O) groups is 1. The highest BCUT2D eigenvalue weighted by molar-refractivity contribution is 5.87. The summed E-state index contributed by atoms with van der Waals surface area (Å²) in [5, 5.41) is 9.46. The lowest BCUT2D eigenvalue weighted by Crippen LogP contribution is -2.40. The van der Waals surface area contributed by atoms with Crippen LogP contribution in [0.25, 0.3) is 0 Å². The first-order valence-corrected chi connectivity index (χ1v) is 3.78. The van der Waals surface area contributed by atoms with E-state index < -0.39 is 5.60 Å². The molecule has 0 aromatic heterocycles. The van der Waals surface area contributed by atoms with E-state index in [1.54, 1.807) is 6.92 Å². The first-order chi connectivity index (χ1) is 4.52. The number of Topliss-reactive ketones (excluding diaryl/α,β-unsaturated/α-hetero) is 1. The van der Waals surface area contributed by atoms with Crippen molar-refractivity contribution in [3.8, 4) is 0 Å². The van der Waals surface area contributed by atoms with Gasteiger partial charge in [0.25, 0.3) is 0 Å². The van der Waals surface area contributed by atoms with Crippen LogP contribution in [0.5, 0.6) is 0 Å². The maximum absolute atomic E-state index is 11.0. The molecule has 0 amide bonds. The van der Waals surface area contributed by atoms with Crippen LogP contribution in [0.15, 0.2) is 0 Å². The summed E-state index contributed by atoms with van der Waals surface area (Å²) in [6.45, 7) is 3.69. The molecule has 1 N–H and O–H groups in total. The Labute approximate surface area is 61.2 Å². The third-order valence-electron chi connectivity index (χ3n) is 2.21. The molecule has 2 atom stereocenters. The summed E-state index contributed by atoms with van der Waals surface area (Å²) in [5.74, 6) is 0.498. The van der Waals surface area contributed by atoms with Crippen LogP contribution in [0.1, 0.15) is 33.1 Å². The highest BCUT2D eigenvalue weighted by Gasteiger charge is 2.35. The first kappa shape index (κ1) is 7.73. The van der Waals surface area contributed by atoms with Gasteiger partial charge in [-0.25, -0.2) is 0 Å². The second-order valence-corrected chi connectivity index (χ2v) is 3.55. The van der Waals surface area contributed by atoms with Crippen LogP contribution in [0, 0.1) is 5.92 Å². The van der Waals surface area contributed by atoms with Gasteiger partial charge in [-0.2, -0.15) is 0 Å². The van der Waals surface area contributed by atoms with E-state index in [-0.39, 0.29) is 5.78 Å². The highest BCUT2D eigenvalue weighted by atomic mass is 16.3. The van der Waals surface area contributed by atoms with Gasteiger partial charge in [-0.1, -0.05) is 6.92 Å². The van der Waals surface area contributed by atoms with Gasteiger partial charge >= 0.3 is 0 Å². The molecule has 58 valence electrons. The molecule has 0 saturated heterocycles. The second-order valence-electron chi connectivity index (χ2n) is 3.55. The Kier molecular flexibility index (Phi) is 1.82. The SMILES string of the molecule is C[C@@H]1CCC(=O)[C@@](C)(O)C1. The lowest BCUT2D eigenvalue weighted by Gasteiger charge is -2.30. The second kappa shape index (κ2) is 2.35. The predicted octanol–water partition coefficient (Wildman–Crippen LogP) is 1.13. The van der Waals surface area contributed by atoms with Gasteiger partial charge in [0, 0.05) is 6.42 Å². The summed E-state index contributed by atoms with van der Waals surface area (Å²) in [5.41, 5.74) is -1.03. The number of rotatable bonds is 0. The molecule has 1 aliphatic rings. The smallest absolute Gasteiger partial charge is 0.164 e. The zero-order valence-corrected chi connectivity index (χ0v) is 6.55. The fraction of sp³-hybridized carbons (Fsp3) is 0.875. The van der Waals surface area contributed by atoms with E-state index in [0.717, 1.165) is 6.42 Å². The topological polar surface area (TPSA) is 37.3 Å². The summed E-state index contributed by atoms with van der Waals surface area (Å²) in [7, 11) is 0. The van der Waals surface area contributed by atoms with Crippen LogP contribution in [0.4, 0.5) is 0 Å². The average molecular weight is 142 g/mol. The molecule has 2 nitrogen and oxygen atoms in total. The summed E-state index contributed by atoms with van der Waals surface area (Å²) in [6, 6.07) is 0. The van der Waals surface area contributed by atoms with Crippen molar-refractivity contribution in [1.29, 1.82) is 0 Å². The lowest BCUT2D eigenvalue weighted by molar-refractivity contribution is -0.140. The normalized spacial score (nSPS) is 41.9. The van der Waals surface area contributed by atoms with Crippen molar-refractivity contribution in [3.63, 3.8) is 0 Å². The van der Waals surface area contributed by atoms with Crippen LogP contribution in [0.3, 0.4) is 0 Å². The van der Waals surface area contributed by atoms with E-state index in [4.69, 9.17) is 0 Å². The summed E-state index contributed by atoms with van der Waals surface area (Å²) in [6.07, 6.45) is 2.12. The van der Waals surface area contributed by atoms with Gasteiger partial charge < -0.3 is 5.11 Å². The first-order valence-electron chi connectivity index (χ1n) is 3.78. The minimum absolute atomic E-state index is 0.00519. The molecule has 0 unspecified atom stereocenters. The average Bonchev–Trinajstić information content (AvgIpc) is 1.78. The Balaban J connectivity index is 2.63. The Morgan fingerprint density at radius 1 is 1.70 bits per heavy atom. The molecule has 1 saturated carbocycles. The Bertz CT molecular complexity index is 149. The van der Waals surface area contributed by atoms with Crippen molar-refractivity contribution in [2.75, 3.05) is 0 Å². The molecule has 10 heavy (non-hydrogen) atoms. The van der Waals surface area contributed by atoms with Crippen molar-refractivity contribution in [2.24, 2.45) is 5.92 Å². The molecule has 0 aromatic carbocycles. The van der Waals surface area contributed by atoms with E-state index in [1.807, 2.05) is 0 Å². The molecular weight excluding hydrogens is 128 g/mol. The Morgan fingerprint density at radius 2 is 2.30 bits per heavy atom. The van der Waals surface area contributed by atoms with Gasteiger partial charge in [0.2, 0.25) is 0 Å². The number of hydrogen-bond donors (Lipinski definition) is 1. The zero-order chi connectivity index (χ0) is 7.78. The monoisotopic (exact) mass is 142 g/mol. The molecule has 0 radical (unpaired) electrons. The molecule has 0 heterocycles. The van der Waals surface area contributed by atoms with Crippen LogP contribution in [0.2, 0.25) is 0 Å². The third kappa shape index (κ3) is 1.37. The minimum atomic E-state index is -1.03. The van der Waals surface area contributed by atoms with Gasteiger partial charge in [-0.3, -0.25) is 4.79 Å². The summed E-state index contributed by atoms with van der Waals surface area (Å²) in [4.78, 5) is 11.0. The van der Waals surface area contributed by atoms with Crippen molar-refractivity contribution in [1.82, 2.24) is 0 Å². The van der Waals surface area contributed by atoms with E-state index in [0.29, 0.717) is 18.8 Å². The Hall–Kier alpha value is -0.370. The molecule has 1 fully saturated rings. The zero-order valence-electron chi connectivity index (χ0n) is 6.55. The molecule has 2 heteroatoms. The quantitative estimate of drug-likeness (QED) is 0.550. The number of ketones is 1. The van der Waals surface area contributed by atoms with E-state index in [9.17, 15) is 9.90 Å². The lowest BCUT2D eigenvalue weighted by atomic mass is 9.79. The number of hydrogen-bond acceptors (Lipinski definition) is 2. The van der Waals surface area contributed by atoms with Gasteiger partial charge in [-0.05, 0) is 25.7 Å². The van der Waals surface area contributed by atoms with Crippen LogP contribution >= 0.6 is 0 Å². The molecule has 0 aromatic rings. The molecule has 0 bridgehead atoms. The molecule has 1 aliphatic carbocycles. The maximum Gasteiger partial charge on any atom is 0.164 e. The van der Waals surface area contributed by atoms with Crippen LogP contribution in [-0.2, 0) is 4.79 Å². The van der Waals surface area contributed by atoms with Gasteiger partial charge in [0.15, 0.2) is 5.78 Å². The molecular formula is C8H14O2. The van der Waals surface area contributed by atoms with E-state index >= 15 is 0 Å². The van der Waals surface area contributed by atoms with Crippen molar-refractivity contribution in [3.05, 3.63) is 0 Å². The standard InChI is InChI=1S/C8H14O2/c1-6-3-4-7(9)8(2,10)5-6/h6,10H,3-5H2,1-2H3/t6-,8+/m1/s1. The summed E-state index contributed by atoms with van der Waals surface area (Å²) < 4.78 is 0. The predicted molar refractivity (Wildman–Crippen MR) is 38.6 cm³/mol. The van der Waals surface area contributed by atoms with Crippen molar-refractivity contribution >= 4 is 5.78 Å².